The lowest BCUT2D eigenvalue weighted by Crippen LogP contribution is -2.33. The molecule has 2 heterocycles. The van der Waals surface area contributed by atoms with Crippen LogP contribution in [0.15, 0.2) is 54.6 Å². The van der Waals surface area contributed by atoms with Gasteiger partial charge in [0, 0.05) is 16.8 Å². The molecule has 0 saturated carbocycles. The summed E-state index contributed by atoms with van der Waals surface area (Å²) in [6, 6.07) is 16.1. The summed E-state index contributed by atoms with van der Waals surface area (Å²) in [7, 11) is 0. The average molecular weight is 376 g/mol. The SMILES string of the molecule is CC(C)(Cc1ccc(F)cc1)Nc1ccc(-c2ccc3c(c2)CC(=O)N3)nn1. The summed E-state index contributed by atoms with van der Waals surface area (Å²) in [6.07, 6.45) is 1.12. The zero-order valence-corrected chi connectivity index (χ0v) is 15.8. The molecule has 1 aromatic heterocycles. The lowest BCUT2D eigenvalue weighted by molar-refractivity contribution is -0.115. The Morgan fingerprint density at radius 1 is 1.07 bits per heavy atom. The second-order valence-corrected chi connectivity index (χ2v) is 7.71. The largest absolute Gasteiger partial charge is 0.363 e. The Hall–Kier alpha value is -3.28. The van der Waals surface area contributed by atoms with Gasteiger partial charge in [-0.3, -0.25) is 4.79 Å². The molecule has 0 unspecified atom stereocenters. The molecule has 0 atom stereocenters. The number of benzene rings is 2. The number of aromatic nitrogens is 2. The van der Waals surface area contributed by atoms with E-state index < -0.39 is 0 Å². The number of hydrogen-bond donors (Lipinski definition) is 2. The van der Waals surface area contributed by atoms with Crippen LogP contribution in [0, 0.1) is 5.82 Å². The van der Waals surface area contributed by atoms with Gasteiger partial charge in [0.1, 0.15) is 11.6 Å². The Morgan fingerprint density at radius 2 is 1.86 bits per heavy atom. The highest BCUT2D eigenvalue weighted by molar-refractivity contribution is 5.99. The van der Waals surface area contributed by atoms with Gasteiger partial charge in [0.05, 0.1) is 12.1 Å². The first-order valence-corrected chi connectivity index (χ1v) is 9.17. The van der Waals surface area contributed by atoms with Gasteiger partial charge in [-0.25, -0.2) is 4.39 Å². The second kappa shape index (κ2) is 7.03. The highest BCUT2D eigenvalue weighted by atomic mass is 19.1. The van der Waals surface area contributed by atoms with E-state index in [9.17, 15) is 9.18 Å². The predicted octanol–water partition coefficient (Wildman–Crippen LogP) is 4.21. The lowest BCUT2D eigenvalue weighted by Gasteiger charge is -2.27. The van der Waals surface area contributed by atoms with Crippen molar-refractivity contribution in [3.05, 3.63) is 71.5 Å². The van der Waals surface area contributed by atoms with Crippen LogP contribution in [-0.4, -0.2) is 21.6 Å². The number of amides is 1. The van der Waals surface area contributed by atoms with Crippen molar-refractivity contribution in [1.82, 2.24) is 10.2 Å². The van der Waals surface area contributed by atoms with E-state index in [-0.39, 0.29) is 17.3 Å². The molecule has 2 aromatic carbocycles. The van der Waals surface area contributed by atoms with Gasteiger partial charge in [0.25, 0.3) is 0 Å². The maximum Gasteiger partial charge on any atom is 0.228 e. The highest BCUT2D eigenvalue weighted by Gasteiger charge is 2.20. The third kappa shape index (κ3) is 4.01. The molecular formula is C22H21FN4O. The molecule has 142 valence electrons. The zero-order valence-electron chi connectivity index (χ0n) is 15.8. The van der Waals surface area contributed by atoms with Gasteiger partial charge >= 0.3 is 0 Å². The Kier molecular flexibility index (Phi) is 4.55. The molecule has 1 aliphatic rings. The maximum absolute atomic E-state index is 13.1. The molecule has 28 heavy (non-hydrogen) atoms. The fourth-order valence-electron chi connectivity index (χ4n) is 3.44. The summed E-state index contributed by atoms with van der Waals surface area (Å²) < 4.78 is 13.1. The quantitative estimate of drug-likeness (QED) is 0.700. The van der Waals surface area contributed by atoms with E-state index in [1.807, 2.05) is 30.3 Å². The smallest absolute Gasteiger partial charge is 0.228 e. The van der Waals surface area contributed by atoms with E-state index in [0.717, 1.165) is 34.5 Å². The van der Waals surface area contributed by atoms with Crippen LogP contribution in [0.25, 0.3) is 11.3 Å². The van der Waals surface area contributed by atoms with Crippen molar-refractivity contribution in [3.63, 3.8) is 0 Å². The monoisotopic (exact) mass is 376 g/mol. The summed E-state index contributed by atoms with van der Waals surface area (Å²) in [6.45, 7) is 4.13. The molecule has 5 nitrogen and oxygen atoms in total. The molecule has 1 aliphatic heterocycles. The Bertz CT molecular complexity index is 1010. The molecule has 3 aromatic rings. The van der Waals surface area contributed by atoms with Crippen molar-refractivity contribution >= 4 is 17.4 Å². The van der Waals surface area contributed by atoms with Crippen LogP contribution in [0.5, 0.6) is 0 Å². The molecular weight excluding hydrogens is 355 g/mol. The highest BCUT2D eigenvalue weighted by Crippen LogP contribution is 2.28. The van der Waals surface area contributed by atoms with Gasteiger partial charge in [-0.15, -0.1) is 10.2 Å². The zero-order chi connectivity index (χ0) is 19.7. The first kappa shape index (κ1) is 18.1. The minimum atomic E-state index is -0.270. The molecule has 0 saturated heterocycles. The molecule has 2 N–H and O–H groups in total. The maximum atomic E-state index is 13.1. The molecule has 4 rings (SSSR count). The first-order valence-electron chi connectivity index (χ1n) is 9.17. The summed E-state index contributed by atoms with van der Waals surface area (Å²) in [5.41, 5.74) is 4.30. The van der Waals surface area contributed by atoms with E-state index in [2.05, 4.69) is 34.7 Å². The summed E-state index contributed by atoms with van der Waals surface area (Å²) in [4.78, 5) is 11.5. The van der Waals surface area contributed by atoms with E-state index in [1.54, 1.807) is 12.1 Å². The van der Waals surface area contributed by atoms with Crippen LogP contribution in [0.2, 0.25) is 0 Å². The van der Waals surface area contributed by atoms with Crippen molar-refractivity contribution in [2.45, 2.75) is 32.2 Å². The molecule has 1 amide bonds. The van der Waals surface area contributed by atoms with Crippen LogP contribution in [-0.2, 0) is 17.6 Å². The number of carbonyl (C=O) groups excluding carboxylic acids is 1. The molecule has 0 radical (unpaired) electrons. The third-order valence-corrected chi connectivity index (χ3v) is 4.72. The van der Waals surface area contributed by atoms with E-state index in [4.69, 9.17) is 0 Å². The number of fused-ring (bicyclic) bond motifs is 1. The van der Waals surface area contributed by atoms with Gasteiger partial charge in [0.2, 0.25) is 5.91 Å². The number of anilines is 2. The van der Waals surface area contributed by atoms with Gasteiger partial charge in [-0.2, -0.15) is 0 Å². The number of nitrogens with one attached hydrogen (secondary N) is 2. The van der Waals surface area contributed by atoms with Crippen LogP contribution < -0.4 is 10.6 Å². The minimum Gasteiger partial charge on any atom is -0.363 e. The number of rotatable bonds is 5. The number of hydrogen-bond acceptors (Lipinski definition) is 4. The standard InChI is InChI=1S/C22H21FN4O/c1-22(2,13-14-3-6-17(23)7-4-14)25-20-10-9-19(26-27-20)15-5-8-18-16(11-15)12-21(28)24-18/h3-11H,12-13H2,1-2H3,(H,24,28)(H,25,27). The first-order chi connectivity index (χ1) is 13.4. The number of nitrogens with zero attached hydrogens (tertiary/aromatic N) is 2. The van der Waals surface area contributed by atoms with Crippen molar-refractivity contribution in [1.29, 1.82) is 0 Å². The Morgan fingerprint density at radius 3 is 2.57 bits per heavy atom. The fraction of sp³-hybridized carbons (Fsp3) is 0.227. The Labute approximate surface area is 163 Å². The van der Waals surface area contributed by atoms with Gasteiger partial charge in [0.15, 0.2) is 0 Å². The summed E-state index contributed by atoms with van der Waals surface area (Å²) >= 11 is 0. The summed E-state index contributed by atoms with van der Waals surface area (Å²) in [5, 5.41) is 14.8. The van der Waals surface area contributed by atoms with Crippen molar-refractivity contribution in [2.75, 3.05) is 10.6 Å². The van der Waals surface area contributed by atoms with E-state index in [0.29, 0.717) is 12.2 Å². The second-order valence-electron chi connectivity index (χ2n) is 7.71. The topological polar surface area (TPSA) is 66.9 Å². The molecule has 0 spiro atoms. The fourth-order valence-corrected chi connectivity index (χ4v) is 3.44. The normalized spacial score (nSPS) is 13.2. The van der Waals surface area contributed by atoms with E-state index in [1.165, 1.54) is 12.1 Å². The molecule has 0 fully saturated rings. The molecule has 6 heteroatoms. The molecule has 0 aliphatic carbocycles. The Balaban J connectivity index is 1.46. The van der Waals surface area contributed by atoms with E-state index >= 15 is 0 Å². The van der Waals surface area contributed by atoms with Crippen LogP contribution in [0.3, 0.4) is 0 Å². The van der Waals surface area contributed by atoms with Crippen LogP contribution in [0.4, 0.5) is 15.9 Å². The third-order valence-electron chi connectivity index (χ3n) is 4.72. The predicted molar refractivity (Wildman–Crippen MR) is 108 cm³/mol. The molecule has 0 bridgehead atoms. The minimum absolute atomic E-state index is 0.0150. The van der Waals surface area contributed by atoms with Gasteiger partial charge < -0.3 is 10.6 Å². The van der Waals surface area contributed by atoms with Crippen LogP contribution in [0.1, 0.15) is 25.0 Å². The van der Waals surface area contributed by atoms with Crippen molar-refractivity contribution < 1.29 is 9.18 Å². The number of carbonyl (C=O) groups is 1. The van der Waals surface area contributed by atoms with Crippen LogP contribution >= 0.6 is 0 Å². The average Bonchev–Trinajstić information content (AvgIpc) is 3.03. The summed E-state index contributed by atoms with van der Waals surface area (Å²) in [5.74, 6) is 0.456. The van der Waals surface area contributed by atoms with Crippen molar-refractivity contribution in [3.8, 4) is 11.3 Å². The van der Waals surface area contributed by atoms with Crippen molar-refractivity contribution in [2.24, 2.45) is 0 Å². The van der Waals surface area contributed by atoms with Gasteiger partial charge in [-0.1, -0.05) is 18.2 Å². The number of halogens is 1. The van der Waals surface area contributed by atoms with Gasteiger partial charge in [-0.05, 0) is 67.8 Å². The lowest BCUT2D eigenvalue weighted by atomic mass is 9.95.